The minimum Gasteiger partial charge on any atom is -0.480 e. The second kappa shape index (κ2) is 7.98. The Morgan fingerprint density at radius 1 is 1.40 bits per heavy atom. The van der Waals surface area contributed by atoms with Gasteiger partial charge in [0, 0.05) is 12.1 Å². The highest BCUT2D eigenvalue weighted by atomic mass is 35.5. The average Bonchev–Trinajstić information content (AvgIpc) is 3.03. The lowest BCUT2D eigenvalue weighted by Gasteiger charge is -2.13. The molecule has 1 fully saturated rings. The number of nitrogens with zero attached hydrogens (tertiary/aromatic N) is 2. The monoisotopic (exact) mass is 357 g/mol. The summed E-state index contributed by atoms with van der Waals surface area (Å²) in [5, 5.41) is 4.17. The number of nitrogens with one attached hydrogen (secondary N) is 1. The largest absolute Gasteiger partial charge is 0.480 e. The molecule has 1 aromatic carbocycles. The fourth-order valence-corrected chi connectivity index (χ4v) is 3.47. The van der Waals surface area contributed by atoms with Crippen molar-refractivity contribution in [2.24, 2.45) is 5.92 Å². The summed E-state index contributed by atoms with van der Waals surface area (Å²) in [6.45, 7) is 7.65. The quantitative estimate of drug-likeness (QED) is 0.770. The maximum atomic E-state index is 6.40. The highest BCUT2D eigenvalue weighted by Gasteiger charge is 2.18. The summed E-state index contributed by atoms with van der Waals surface area (Å²) in [6, 6.07) is 5.89. The van der Waals surface area contributed by atoms with Crippen molar-refractivity contribution >= 4 is 11.6 Å². The fraction of sp³-hybridized carbons (Fsp3) is 0.400. The summed E-state index contributed by atoms with van der Waals surface area (Å²) in [5.74, 6) is 1.22. The van der Waals surface area contributed by atoms with Crippen LogP contribution in [0.25, 0.3) is 11.3 Å². The molecule has 25 heavy (non-hydrogen) atoms. The lowest BCUT2D eigenvalue weighted by Crippen LogP contribution is -2.22. The molecular formula is C20H24ClN3O. The second-order valence-electron chi connectivity index (χ2n) is 6.64. The first-order valence-electron chi connectivity index (χ1n) is 8.61. The van der Waals surface area contributed by atoms with Gasteiger partial charge in [0.1, 0.15) is 5.69 Å². The molecule has 0 radical (unpaired) electrons. The molecule has 2 aromatic rings. The van der Waals surface area contributed by atoms with Crippen LogP contribution in [-0.4, -0.2) is 23.6 Å². The SMILES string of the molecule is C=C1CC[C@@H](CNCc2ncc(-c3cccc(C)c3Cl)nc2OC)C1. The van der Waals surface area contributed by atoms with E-state index in [9.17, 15) is 0 Å². The number of ether oxygens (including phenoxy) is 1. The van der Waals surface area contributed by atoms with Crippen molar-refractivity contribution in [3.63, 3.8) is 0 Å². The fourth-order valence-electron chi connectivity index (χ4n) is 3.25. The number of benzene rings is 1. The van der Waals surface area contributed by atoms with Crippen molar-refractivity contribution in [3.8, 4) is 17.1 Å². The van der Waals surface area contributed by atoms with Crippen molar-refractivity contribution in [1.82, 2.24) is 15.3 Å². The van der Waals surface area contributed by atoms with Gasteiger partial charge in [-0.05, 0) is 44.2 Å². The maximum Gasteiger partial charge on any atom is 0.237 e. The lowest BCUT2D eigenvalue weighted by molar-refractivity contribution is 0.385. The number of hydrogen-bond donors (Lipinski definition) is 1. The van der Waals surface area contributed by atoms with E-state index in [1.165, 1.54) is 12.0 Å². The summed E-state index contributed by atoms with van der Waals surface area (Å²) in [7, 11) is 1.62. The van der Waals surface area contributed by atoms with Gasteiger partial charge in [0.2, 0.25) is 5.88 Å². The van der Waals surface area contributed by atoms with Crippen molar-refractivity contribution in [2.75, 3.05) is 13.7 Å². The molecule has 1 saturated carbocycles. The minimum absolute atomic E-state index is 0.540. The standard InChI is InChI=1S/C20H24ClN3O/c1-13-7-8-15(9-13)10-22-11-18-20(25-3)24-17(12-23-18)16-6-4-5-14(2)19(16)21/h4-6,12,15,22H,1,7-11H2,2-3H3/t15-/m1/s1. The highest BCUT2D eigenvalue weighted by Crippen LogP contribution is 2.31. The first-order chi connectivity index (χ1) is 12.1. The van der Waals surface area contributed by atoms with Gasteiger partial charge in [0.15, 0.2) is 0 Å². The van der Waals surface area contributed by atoms with Gasteiger partial charge in [-0.1, -0.05) is 42.0 Å². The Balaban J connectivity index is 1.71. The number of hydrogen-bond acceptors (Lipinski definition) is 4. The van der Waals surface area contributed by atoms with Gasteiger partial charge in [0.05, 0.1) is 24.0 Å². The molecule has 1 aliphatic carbocycles. The molecule has 4 nitrogen and oxygen atoms in total. The maximum absolute atomic E-state index is 6.40. The van der Waals surface area contributed by atoms with Crippen LogP contribution >= 0.6 is 11.6 Å². The summed E-state index contributed by atoms with van der Waals surface area (Å²) in [6.07, 6.45) is 5.26. The summed E-state index contributed by atoms with van der Waals surface area (Å²) in [5.41, 5.74) is 4.79. The first kappa shape index (κ1) is 17.9. The number of halogens is 1. The van der Waals surface area contributed by atoms with E-state index in [0.717, 1.165) is 41.9 Å². The van der Waals surface area contributed by atoms with E-state index in [0.29, 0.717) is 23.4 Å². The predicted octanol–water partition coefficient (Wildman–Crippen LogP) is 4.56. The smallest absolute Gasteiger partial charge is 0.237 e. The van der Waals surface area contributed by atoms with Crippen LogP contribution in [0.2, 0.25) is 5.02 Å². The van der Waals surface area contributed by atoms with Crippen LogP contribution in [0, 0.1) is 12.8 Å². The van der Waals surface area contributed by atoms with Gasteiger partial charge in [-0.25, -0.2) is 4.98 Å². The molecule has 0 spiro atoms. The Morgan fingerprint density at radius 2 is 2.24 bits per heavy atom. The Bertz CT molecular complexity index is 776. The van der Waals surface area contributed by atoms with Crippen molar-refractivity contribution in [2.45, 2.75) is 32.7 Å². The third-order valence-electron chi connectivity index (χ3n) is 4.68. The Labute approximate surface area is 154 Å². The van der Waals surface area contributed by atoms with E-state index in [4.69, 9.17) is 16.3 Å². The third kappa shape index (κ3) is 4.20. The van der Waals surface area contributed by atoms with Gasteiger partial charge >= 0.3 is 0 Å². The van der Waals surface area contributed by atoms with Gasteiger partial charge in [-0.3, -0.25) is 4.98 Å². The van der Waals surface area contributed by atoms with Crippen LogP contribution in [0.1, 0.15) is 30.5 Å². The van der Waals surface area contributed by atoms with Crippen molar-refractivity contribution in [3.05, 3.63) is 52.8 Å². The lowest BCUT2D eigenvalue weighted by atomic mass is 10.1. The molecule has 0 aliphatic heterocycles. The summed E-state index contributed by atoms with van der Waals surface area (Å²) < 4.78 is 5.45. The molecule has 0 saturated heterocycles. The Kier molecular flexibility index (Phi) is 5.71. The zero-order valence-corrected chi connectivity index (χ0v) is 15.6. The predicted molar refractivity (Wildman–Crippen MR) is 102 cm³/mol. The third-order valence-corrected chi connectivity index (χ3v) is 5.18. The molecule has 1 aliphatic rings. The molecule has 1 heterocycles. The van der Waals surface area contributed by atoms with Gasteiger partial charge in [-0.15, -0.1) is 0 Å². The summed E-state index contributed by atoms with van der Waals surface area (Å²) in [4.78, 5) is 9.15. The molecule has 1 aromatic heterocycles. The van der Waals surface area contributed by atoms with Crippen LogP contribution in [0.4, 0.5) is 0 Å². The van der Waals surface area contributed by atoms with E-state index >= 15 is 0 Å². The topological polar surface area (TPSA) is 47.0 Å². The van der Waals surface area contributed by atoms with E-state index in [1.807, 2.05) is 25.1 Å². The highest BCUT2D eigenvalue weighted by molar-refractivity contribution is 6.34. The normalized spacial score (nSPS) is 17.1. The Hall–Kier alpha value is -1.91. The molecule has 0 unspecified atom stereocenters. The molecular weight excluding hydrogens is 334 g/mol. The molecule has 0 bridgehead atoms. The molecule has 5 heteroatoms. The van der Waals surface area contributed by atoms with Crippen LogP contribution in [-0.2, 0) is 6.54 Å². The molecule has 0 amide bonds. The molecule has 1 N–H and O–H groups in total. The zero-order valence-electron chi connectivity index (χ0n) is 14.8. The molecule has 1 atom stereocenters. The number of allylic oxidation sites excluding steroid dienone is 1. The van der Waals surface area contributed by atoms with Crippen LogP contribution in [0.3, 0.4) is 0 Å². The van der Waals surface area contributed by atoms with E-state index < -0.39 is 0 Å². The number of aryl methyl sites for hydroxylation is 1. The van der Waals surface area contributed by atoms with Gasteiger partial charge < -0.3 is 10.1 Å². The Morgan fingerprint density at radius 3 is 2.96 bits per heavy atom. The summed E-state index contributed by atoms with van der Waals surface area (Å²) >= 11 is 6.40. The zero-order chi connectivity index (χ0) is 17.8. The first-order valence-corrected chi connectivity index (χ1v) is 8.99. The van der Waals surface area contributed by atoms with Crippen LogP contribution < -0.4 is 10.1 Å². The van der Waals surface area contributed by atoms with Crippen molar-refractivity contribution < 1.29 is 4.74 Å². The number of methoxy groups -OCH3 is 1. The average molecular weight is 358 g/mol. The minimum atomic E-state index is 0.540. The van der Waals surface area contributed by atoms with Crippen LogP contribution in [0.15, 0.2) is 36.5 Å². The van der Waals surface area contributed by atoms with Gasteiger partial charge in [0.25, 0.3) is 0 Å². The number of aromatic nitrogens is 2. The van der Waals surface area contributed by atoms with Gasteiger partial charge in [-0.2, -0.15) is 0 Å². The van der Waals surface area contributed by atoms with E-state index in [1.54, 1.807) is 13.3 Å². The van der Waals surface area contributed by atoms with E-state index in [-0.39, 0.29) is 0 Å². The van der Waals surface area contributed by atoms with Crippen LogP contribution in [0.5, 0.6) is 5.88 Å². The van der Waals surface area contributed by atoms with Crippen molar-refractivity contribution in [1.29, 1.82) is 0 Å². The number of rotatable bonds is 6. The molecule has 3 rings (SSSR count). The second-order valence-corrected chi connectivity index (χ2v) is 7.02. The van der Waals surface area contributed by atoms with E-state index in [2.05, 4.69) is 21.9 Å². The molecule has 132 valence electrons.